The number of halogens is 2. The minimum absolute atomic E-state index is 0.0793. The summed E-state index contributed by atoms with van der Waals surface area (Å²) in [6.45, 7) is 1.80. The summed E-state index contributed by atoms with van der Waals surface area (Å²) >= 11 is 6.07. The maximum Gasteiger partial charge on any atom is 0.341 e. The van der Waals surface area contributed by atoms with E-state index in [1.807, 2.05) is 0 Å². The molecule has 3 aromatic carbocycles. The van der Waals surface area contributed by atoms with Crippen molar-refractivity contribution in [3.05, 3.63) is 76.1 Å². The fraction of sp³-hybridized carbons (Fsp3) is 0.231. The van der Waals surface area contributed by atoms with Crippen molar-refractivity contribution in [3.63, 3.8) is 0 Å². The van der Waals surface area contributed by atoms with Gasteiger partial charge in [0.15, 0.2) is 0 Å². The zero-order valence-corrected chi connectivity index (χ0v) is 22.3. The molecule has 0 atom stereocenters. The lowest BCUT2D eigenvalue weighted by Crippen LogP contribution is -2.29. The van der Waals surface area contributed by atoms with E-state index in [-0.39, 0.29) is 51.3 Å². The van der Waals surface area contributed by atoms with Gasteiger partial charge in [-0.25, -0.2) is 17.6 Å². The molecule has 200 valence electrons. The summed E-state index contributed by atoms with van der Waals surface area (Å²) in [4.78, 5) is 24.8. The average Bonchev–Trinajstić information content (AvgIpc) is 3.33. The number of benzene rings is 3. The molecule has 0 bridgehead atoms. The molecule has 0 saturated carbocycles. The molecule has 4 rings (SSSR count). The van der Waals surface area contributed by atoms with Crippen LogP contribution >= 0.6 is 11.6 Å². The fourth-order valence-electron chi connectivity index (χ4n) is 4.14. The van der Waals surface area contributed by atoms with Gasteiger partial charge in [-0.1, -0.05) is 11.6 Å². The number of carbonyl (C=O) groups excluding carboxylic acids is 2. The Morgan fingerprint density at radius 3 is 2.45 bits per heavy atom. The van der Waals surface area contributed by atoms with E-state index in [1.165, 1.54) is 61.0 Å². The molecular weight excluding hydrogens is 539 g/mol. The zero-order valence-electron chi connectivity index (χ0n) is 20.7. The van der Waals surface area contributed by atoms with Crippen LogP contribution in [0.2, 0.25) is 5.02 Å². The Hall–Kier alpha value is -3.83. The molecule has 1 N–H and O–H groups in total. The van der Waals surface area contributed by atoms with E-state index in [1.54, 1.807) is 6.92 Å². The molecule has 0 spiro atoms. The minimum atomic E-state index is -4.12. The number of carbonyl (C=O) groups is 2. The maximum atomic E-state index is 14.4. The van der Waals surface area contributed by atoms with Gasteiger partial charge in [-0.15, -0.1) is 0 Å². The molecule has 0 aliphatic carbocycles. The summed E-state index contributed by atoms with van der Waals surface area (Å²) in [5.41, 5.74) is 0.781. The number of anilines is 2. The lowest BCUT2D eigenvalue weighted by Gasteiger charge is -2.22. The third kappa shape index (κ3) is 5.11. The molecule has 1 amide bonds. The van der Waals surface area contributed by atoms with Crippen molar-refractivity contribution < 1.29 is 36.6 Å². The van der Waals surface area contributed by atoms with Crippen molar-refractivity contribution in [2.75, 3.05) is 37.0 Å². The van der Waals surface area contributed by atoms with Gasteiger partial charge >= 0.3 is 5.97 Å². The second-order valence-electron chi connectivity index (χ2n) is 8.17. The Labute approximate surface area is 224 Å². The smallest absolute Gasteiger partial charge is 0.341 e. The van der Waals surface area contributed by atoms with Gasteiger partial charge in [0, 0.05) is 28.4 Å². The van der Waals surface area contributed by atoms with Gasteiger partial charge in [0.2, 0.25) is 0 Å². The molecule has 0 saturated heterocycles. The fourth-order valence-corrected chi connectivity index (χ4v) is 6.05. The predicted molar refractivity (Wildman–Crippen MR) is 140 cm³/mol. The second kappa shape index (κ2) is 10.9. The van der Waals surface area contributed by atoms with Crippen LogP contribution in [-0.4, -0.2) is 47.7 Å². The predicted octanol–water partition coefficient (Wildman–Crippen LogP) is 4.68. The first-order valence-corrected chi connectivity index (χ1v) is 13.3. The largest absolute Gasteiger partial charge is 0.496 e. The quantitative estimate of drug-likeness (QED) is 0.397. The number of rotatable bonds is 8. The number of sulfonamides is 1. The van der Waals surface area contributed by atoms with E-state index >= 15 is 0 Å². The van der Waals surface area contributed by atoms with Crippen LogP contribution in [0.1, 0.15) is 33.2 Å². The highest BCUT2D eigenvalue weighted by Crippen LogP contribution is 2.41. The first-order chi connectivity index (χ1) is 18.1. The zero-order chi connectivity index (χ0) is 27.6. The lowest BCUT2D eigenvalue weighted by molar-refractivity contribution is 0.0521. The van der Waals surface area contributed by atoms with Gasteiger partial charge in [-0.3, -0.25) is 9.10 Å². The lowest BCUT2D eigenvalue weighted by atomic mass is 10.1. The van der Waals surface area contributed by atoms with E-state index in [9.17, 15) is 22.4 Å². The third-order valence-electron chi connectivity index (χ3n) is 5.92. The summed E-state index contributed by atoms with van der Waals surface area (Å²) in [5, 5.41) is 2.78. The molecule has 0 radical (unpaired) electrons. The summed E-state index contributed by atoms with van der Waals surface area (Å²) in [7, 11) is -1.35. The van der Waals surface area contributed by atoms with E-state index in [4.69, 9.17) is 25.8 Å². The number of nitrogens with one attached hydrogen (secondary N) is 1. The Kier molecular flexibility index (Phi) is 7.79. The number of hydrogen-bond acceptors (Lipinski definition) is 7. The number of esters is 1. The van der Waals surface area contributed by atoms with Crippen molar-refractivity contribution in [2.45, 2.75) is 18.2 Å². The summed E-state index contributed by atoms with van der Waals surface area (Å²) < 4.78 is 58.4. The highest BCUT2D eigenvalue weighted by atomic mass is 35.5. The van der Waals surface area contributed by atoms with Gasteiger partial charge < -0.3 is 19.5 Å². The molecule has 1 aliphatic heterocycles. The van der Waals surface area contributed by atoms with Crippen LogP contribution in [0.4, 0.5) is 15.8 Å². The minimum Gasteiger partial charge on any atom is -0.496 e. The van der Waals surface area contributed by atoms with Crippen LogP contribution in [0.25, 0.3) is 0 Å². The van der Waals surface area contributed by atoms with Gasteiger partial charge in [0.1, 0.15) is 22.2 Å². The monoisotopic (exact) mass is 562 g/mol. The second-order valence-corrected chi connectivity index (χ2v) is 10.4. The number of amides is 1. The van der Waals surface area contributed by atoms with Crippen molar-refractivity contribution in [3.8, 4) is 11.5 Å². The summed E-state index contributed by atoms with van der Waals surface area (Å²) in [6, 6.07) is 10.8. The topological polar surface area (TPSA) is 111 Å². The Bertz CT molecular complexity index is 1530. The van der Waals surface area contributed by atoms with E-state index in [0.29, 0.717) is 17.7 Å². The van der Waals surface area contributed by atoms with Crippen LogP contribution < -0.4 is 19.1 Å². The maximum absolute atomic E-state index is 14.4. The van der Waals surface area contributed by atoms with Crippen molar-refractivity contribution in [2.24, 2.45) is 0 Å². The SMILES string of the molecule is CCOC(=O)c1ccc(NC(=O)c2cc(OC)c3c(c2)N(S(=O)(=O)c2cc(Cl)ccc2OC)CC3)cc1F. The molecule has 1 aliphatic rings. The highest BCUT2D eigenvalue weighted by molar-refractivity contribution is 7.93. The molecule has 1 heterocycles. The van der Waals surface area contributed by atoms with Crippen molar-refractivity contribution in [1.29, 1.82) is 0 Å². The molecule has 12 heteroatoms. The molecule has 0 unspecified atom stereocenters. The molecule has 0 aromatic heterocycles. The van der Waals surface area contributed by atoms with Crippen LogP contribution in [0.15, 0.2) is 53.4 Å². The van der Waals surface area contributed by atoms with Crippen molar-refractivity contribution in [1.82, 2.24) is 0 Å². The summed E-state index contributed by atoms with van der Waals surface area (Å²) in [5.74, 6) is -1.87. The molecule has 0 fully saturated rings. The number of methoxy groups -OCH3 is 2. The van der Waals surface area contributed by atoms with Crippen LogP contribution in [0.5, 0.6) is 11.5 Å². The average molecular weight is 563 g/mol. The van der Waals surface area contributed by atoms with Crippen molar-refractivity contribution >= 4 is 44.9 Å². The third-order valence-corrected chi connectivity index (χ3v) is 7.99. The molecule has 38 heavy (non-hydrogen) atoms. The normalized spacial score (nSPS) is 12.6. The van der Waals surface area contributed by atoms with E-state index in [2.05, 4.69) is 5.32 Å². The molecular formula is C26H24ClFN2O7S. The standard InChI is InChI=1S/C26H24ClFN2O7S/c1-4-37-26(32)18-7-6-17(14-20(18)28)29-25(31)15-11-21-19(23(12-15)36-3)9-10-30(21)38(33,34)24-13-16(27)5-8-22(24)35-2/h5-8,11-14H,4,9-10H2,1-3H3,(H,29,31). The van der Waals surface area contributed by atoms with E-state index in [0.717, 1.165) is 6.07 Å². The number of hydrogen-bond donors (Lipinski definition) is 1. The number of ether oxygens (including phenoxy) is 3. The Morgan fingerprint density at radius 1 is 1.05 bits per heavy atom. The molecule has 3 aromatic rings. The molecule has 9 nitrogen and oxygen atoms in total. The van der Waals surface area contributed by atoms with Gasteiger partial charge in [0.05, 0.1) is 32.1 Å². The Balaban J connectivity index is 1.68. The van der Waals surface area contributed by atoms with Crippen LogP contribution in [0, 0.1) is 5.82 Å². The highest BCUT2D eigenvalue weighted by Gasteiger charge is 2.35. The first kappa shape index (κ1) is 27.2. The Morgan fingerprint density at radius 2 is 1.79 bits per heavy atom. The van der Waals surface area contributed by atoms with Gasteiger partial charge in [0.25, 0.3) is 15.9 Å². The summed E-state index contributed by atoms with van der Waals surface area (Å²) in [6.07, 6.45) is 0.350. The van der Waals surface area contributed by atoms with Gasteiger partial charge in [-0.05, 0) is 61.9 Å². The number of fused-ring (bicyclic) bond motifs is 1. The van der Waals surface area contributed by atoms with Crippen LogP contribution in [-0.2, 0) is 21.2 Å². The van der Waals surface area contributed by atoms with Crippen LogP contribution in [0.3, 0.4) is 0 Å². The number of nitrogens with zero attached hydrogens (tertiary/aromatic N) is 1. The van der Waals surface area contributed by atoms with Gasteiger partial charge in [-0.2, -0.15) is 0 Å². The first-order valence-electron chi connectivity index (χ1n) is 11.5. The van der Waals surface area contributed by atoms with E-state index < -0.39 is 27.7 Å².